The summed E-state index contributed by atoms with van der Waals surface area (Å²) < 4.78 is 22.7. The van der Waals surface area contributed by atoms with Gasteiger partial charge in [0, 0.05) is 0 Å². The average Bonchev–Trinajstić information content (AvgIpc) is 3.12. The highest BCUT2D eigenvalue weighted by Gasteiger charge is 2.22. The first-order valence-electron chi connectivity index (χ1n) is 16.2. The van der Waals surface area contributed by atoms with Crippen LogP contribution in [-0.4, -0.2) is 24.5 Å². The third-order valence-corrected chi connectivity index (χ3v) is 7.90. The van der Waals surface area contributed by atoms with Crippen molar-refractivity contribution in [3.8, 4) is 16.9 Å². The molecule has 0 aromatic heterocycles. The molecule has 0 spiro atoms. The molecule has 5 rings (SSSR count). The topological polar surface area (TPSA) is 88.1 Å². The van der Waals surface area contributed by atoms with Crippen LogP contribution in [0.5, 0.6) is 5.75 Å². The Kier molecular flexibility index (Phi) is 11.3. The molecule has 5 aromatic carbocycles. The Morgan fingerprint density at radius 2 is 1.16 bits per heavy atom. The Balaban J connectivity index is 1.34. The molecule has 0 heterocycles. The Labute approximate surface area is 287 Å². The third-order valence-electron chi connectivity index (χ3n) is 7.90. The first-order chi connectivity index (χ1) is 23.6. The molecule has 0 aliphatic heterocycles. The maximum atomic E-state index is 12.7. The molecule has 0 aliphatic rings. The Morgan fingerprint density at radius 3 is 1.78 bits per heavy atom. The van der Waals surface area contributed by atoms with Crippen LogP contribution in [-0.2, 0) is 39.4 Å². The predicted octanol–water partition coefficient (Wildman–Crippen LogP) is 9.12. The van der Waals surface area contributed by atoms with Crippen LogP contribution in [0, 0.1) is 0 Å². The van der Waals surface area contributed by atoms with E-state index >= 15 is 0 Å². The number of hydrogen-bond donors (Lipinski definition) is 0. The fourth-order valence-electron chi connectivity index (χ4n) is 5.32. The first kappa shape index (κ1) is 34.6. The smallest absolute Gasteiger partial charge is 0.338 e. The van der Waals surface area contributed by atoms with E-state index in [1.165, 1.54) is 0 Å². The maximum absolute atomic E-state index is 12.7. The lowest BCUT2D eigenvalue weighted by Gasteiger charge is -2.24. The highest BCUT2D eigenvalue weighted by atomic mass is 16.5. The second-order valence-electron chi connectivity index (χ2n) is 12.5. The van der Waals surface area contributed by atoms with Crippen molar-refractivity contribution < 1.29 is 33.3 Å². The zero-order chi connectivity index (χ0) is 34.8. The number of ether oxygens (including phenoxy) is 4. The van der Waals surface area contributed by atoms with Gasteiger partial charge in [0.05, 0.1) is 23.3 Å². The minimum Gasteiger partial charge on any atom is -0.489 e. The average molecular weight is 657 g/mol. The van der Waals surface area contributed by atoms with E-state index in [9.17, 15) is 14.4 Å². The van der Waals surface area contributed by atoms with Gasteiger partial charge in [0.2, 0.25) is 0 Å². The molecule has 0 N–H and O–H groups in total. The molecular weight excluding hydrogens is 616 g/mol. The molecule has 0 bridgehead atoms. The summed E-state index contributed by atoms with van der Waals surface area (Å²) in [7, 11) is 0. The fraction of sp³-hybridized carbons (Fsp3) is 0.214. The molecule has 49 heavy (non-hydrogen) atoms. The largest absolute Gasteiger partial charge is 0.489 e. The van der Waals surface area contributed by atoms with Crippen molar-refractivity contribution >= 4 is 17.9 Å². The predicted molar refractivity (Wildman–Crippen MR) is 188 cm³/mol. The minimum absolute atomic E-state index is 0.00729. The van der Waals surface area contributed by atoms with Crippen LogP contribution in [0.3, 0.4) is 0 Å². The van der Waals surface area contributed by atoms with Crippen LogP contribution in [0.4, 0.5) is 0 Å². The third kappa shape index (κ3) is 9.23. The summed E-state index contributed by atoms with van der Waals surface area (Å²) in [4.78, 5) is 37.8. The minimum atomic E-state index is -0.448. The fourth-order valence-corrected chi connectivity index (χ4v) is 5.32. The molecule has 0 atom stereocenters. The first-order valence-corrected chi connectivity index (χ1v) is 16.2. The summed E-state index contributed by atoms with van der Waals surface area (Å²) in [5.41, 5.74) is 6.45. The van der Waals surface area contributed by atoms with E-state index < -0.39 is 11.9 Å². The van der Waals surface area contributed by atoms with E-state index in [4.69, 9.17) is 18.9 Å². The molecular formula is C42H40O7. The van der Waals surface area contributed by atoms with Crippen molar-refractivity contribution in [3.63, 3.8) is 0 Å². The van der Waals surface area contributed by atoms with Crippen LogP contribution in [0.2, 0.25) is 0 Å². The Bertz CT molecular complexity index is 1910. The lowest BCUT2D eigenvalue weighted by molar-refractivity contribution is 0.0435. The second-order valence-corrected chi connectivity index (χ2v) is 12.5. The monoisotopic (exact) mass is 656 g/mol. The van der Waals surface area contributed by atoms with Gasteiger partial charge in [-0.05, 0) is 100 Å². The van der Waals surface area contributed by atoms with Crippen LogP contribution >= 0.6 is 0 Å². The lowest BCUT2D eigenvalue weighted by atomic mass is 9.81. The van der Waals surface area contributed by atoms with Gasteiger partial charge in [0.15, 0.2) is 0 Å². The number of hydrogen-bond acceptors (Lipinski definition) is 7. The molecule has 0 saturated carbocycles. The normalized spacial score (nSPS) is 11.0. The van der Waals surface area contributed by atoms with Crippen molar-refractivity contribution in [1.29, 1.82) is 0 Å². The molecule has 0 saturated heterocycles. The van der Waals surface area contributed by atoms with Crippen LogP contribution in [0.25, 0.3) is 11.1 Å². The molecule has 0 amide bonds. The molecule has 7 nitrogen and oxygen atoms in total. The van der Waals surface area contributed by atoms with E-state index in [0.29, 0.717) is 34.6 Å². The molecule has 250 valence electrons. The number of carbonyl (C=O) groups excluding carboxylic acids is 3. The quantitative estimate of drug-likeness (QED) is 0.0978. The zero-order valence-corrected chi connectivity index (χ0v) is 28.2. The van der Waals surface area contributed by atoms with E-state index in [1.54, 1.807) is 61.5 Å². The van der Waals surface area contributed by atoms with Crippen molar-refractivity contribution in [2.75, 3.05) is 6.61 Å². The highest BCUT2D eigenvalue weighted by molar-refractivity contribution is 5.91. The van der Waals surface area contributed by atoms with Gasteiger partial charge in [-0.2, -0.15) is 0 Å². The van der Waals surface area contributed by atoms with Gasteiger partial charge in [0.25, 0.3) is 0 Å². The SMILES string of the molecule is CCOC(=O)c1ccc(-c2cccc(OCc3ccc(COC(=O)c4ccccc4)c(COC(=O)c4ccccc4)c3)c2)c(C(C)(C)C)c1. The van der Waals surface area contributed by atoms with Gasteiger partial charge < -0.3 is 18.9 Å². The summed E-state index contributed by atoms with van der Waals surface area (Å²) in [6, 6.07) is 36.7. The van der Waals surface area contributed by atoms with Gasteiger partial charge in [-0.3, -0.25) is 0 Å². The van der Waals surface area contributed by atoms with Crippen molar-refractivity contribution in [3.05, 3.63) is 160 Å². The van der Waals surface area contributed by atoms with Crippen LogP contribution < -0.4 is 4.74 Å². The van der Waals surface area contributed by atoms with Gasteiger partial charge in [-0.15, -0.1) is 0 Å². The van der Waals surface area contributed by atoms with Crippen LogP contribution in [0.15, 0.2) is 121 Å². The van der Waals surface area contributed by atoms with E-state index in [1.807, 2.05) is 66.7 Å². The summed E-state index contributed by atoms with van der Waals surface area (Å²) in [5.74, 6) is -0.558. The summed E-state index contributed by atoms with van der Waals surface area (Å²) in [6.45, 7) is 8.71. The van der Waals surface area contributed by atoms with Crippen LogP contribution in [0.1, 0.15) is 81.0 Å². The number of rotatable bonds is 12. The highest BCUT2D eigenvalue weighted by Crippen LogP contribution is 2.35. The number of esters is 3. The van der Waals surface area contributed by atoms with Gasteiger partial charge in [-0.1, -0.05) is 87.5 Å². The molecule has 0 aliphatic carbocycles. The van der Waals surface area contributed by atoms with E-state index in [2.05, 4.69) is 20.8 Å². The molecule has 0 fully saturated rings. The van der Waals surface area contributed by atoms with Gasteiger partial charge >= 0.3 is 17.9 Å². The zero-order valence-electron chi connectivity index (χ0n) is 28.2. The summed E-state index contributed by atoms with van der Waals surface area (Å²) in [5, 5.41) is 0. The Morgan fingerprint density at radius 1 is 0.551 bits per heavy atom. The van der Waals surface area contributed by atoms with Crippen molar-refractivity contribution in [2.24, 2.45) is 0 Å². The summed E-state index contributed by atoms with van der Waals surface area (Å²) in [6.07, 6.45) is 0. The van der Waals surface area contributed by atoms with Crippen molar-refractivity contribution in [2.45, 2.75) is 52.9 Å². The van der Waals surface area contributed by atoms with E-state index in [-0.39, 0.29) is 31.2 Å². The van der Waals surface area contributed by atoms with Gasteiger partial charge in [0.1, 0.15) is 25.6 Å². The molecule has 7 heteroatoms. The molecule has 0 radical (unpaired) electrons. The standard InChI is InChI=1S/C42H40O7/c1-5-46-41(45)33-21-22-37(38(25-33)42(2,3)4)32-17-12-18-36(24-32)47-26-29-19-20-34(27-48-39(43)30-13-8-6-9-14-30)35(23-29)28-49-40(44)31-15-10-7-11-16-31/h6-25H,5,26-28H2,1-4H3. The Hall–Kier alpha value is -5.69. The maximum Gasteiger partial charge on any atom is 0.338 e. The summed E-state index contributed by atoms with van der Waals surface area (Å²) >= 11 is 0. The molecule has 5 aromatic rings. The number of benzene rings is 5. The number of carbonyl (C=O) groups is 3. The van der Waals surface area contributed by atoms with Crippen molar-refractivity contribution in [1.82, 2.24) is 0 Å². The second kappa shape index (κ2) is 15.9. The lowest BCUT2D eigenvalue weighted by Crippen LogP contribution is -2.15. The molecule has 0 unspecified atom stereocenters. The van der Waals surface area contributed by atoms with E-state index in [0.717, 1.165) is 27.8 Å². The van der Waals surface area contributed by atoms with Gasteiger partial charge in [-0.25, -0.2) is 14.4 Å².